The van der Waals surface area contributed by atoms with Crippen molar-refractivity contribution in [2.75, 3.05) is 0 Å². The van der Waals surface area contributed by atoms with Crippen molar-refractivity contribution in [3.63, 3.8) is 0 Å². The molecule has 1 fully saturated rings. The SMILES string of the molecule is O=c1c2ccccc2nc(CSc2nnc(-c3ccncc3)n2C2CC2)n1Cc1ccco1. The molecule has 5 aromatic rings. The fourth-order valence-electron chi connectivity index (χ4n) is 3.91. The second kappa shape index (κ2) is 8.32. The molecule has 1 aliphatic rings. The predicted molar refractivity (Wildman–Crippen MR) is 125 cm³/mol. The summed E-state index contributed by atoms with van der Waals surface area (Å²) in [5.74, 6) is 2.72. The van der Waals surface area contributed by atoms with E-state index < -0.39 is 0 Å². The van der Waals surface area contributed by atoms with Gasteiger partial charge in [-0.05, 0) is 49.2 Å². The number of thioether (sulfide) groups is 1. The van der Waals surface area contributed by atoms with E-state index in [4.69, 9.17) is 9.40 Å². The van der Waals surface area contributed by atoms with Gasteiger partial charge in [0.25, 0.3) is 5.56 Å². The zero-order chi connectivity index (χ0) is 22.2. The standard InChI is InChI=1S/C24H20N6O2S/c31-23-19-5-1-2-6-20(19)26-21(29(23)14-18-4-3-13-32-18)15-33-24-28-27-22(30(24)17-7-8-17)16-9-11-25-12-10-16/h1-6,9-13,17H,7-8,14-15H2. The number of benzene rings is 1. The van der Waals surface area contributed by atoms with Crippen LogP contribution in [0, 0.1) is 0 Å². The van der Waals surface area contributed by atoms with Crippen molar-refractivity contribution >= 4 is 22.7 Å². The Bertz CT molecular complexity index is 1470. The van der Waals surface area contributed by atoms with Crippen molar-refractivity contribution < 1.29 is 4.42 Å². The molecule has 0 amide bonds. The van der Waals surface area contributed by atoms with Crippen LogP contribution in [0.3, 0.4) is 0 Å². The first kappa shape index (κ1) is 19.9. The number of furan rings is 1. The van der Waals surface area contributed by atoms with E-state index in [1.165, 1.54) is 0 Å². The van der Waals surface area contributed by atoms with E-state index in [1.807, 2.05) is 48.5 Å². The summed E-state index contributed by atoms with van der Waals surface area (Å²) >= 11 is 1.55. The molecule has 0 spiro atoms. The number of hydrogen-bond donors (Lipinski definition) is 0. The highest BCUT2D eigenvalue weighted by Crippen LogP contribution is 2.41. The highest BCUT2D eigenvalue weighted by molar-refractivity contribution is 7.98. The number of rotatable bonds is 7. The summed E-state index contributed by atoms with van der Waals surface area (Å²) in [4.78, 5) is 22.2. The van der Waals surface area contributed by atoms with Crippen LogP contribution in [0.25, 0.3) is 22.3 Å². The molecule has 9 heteroatoms. The summed E-state index contributed by atoms with van der Waals surface area (Å²) in [6.45, 7) is 0.330. The average molecular weight is 457 g/mol. The van der Waals surface area contributed by atoms with E-state index in [2.05, 4.69) is 19.7 Å². The second-order valence-electron chi connectivity index (χ2n) is 7.95. The summed E-state index contributed by atoms with van der Waals surface area (Å²) in [6.07, 6.45) is 7.37. The van der Waals surface area contributed by atoms with Gasteiger partial charge in [0.2, 0.25) is 0 Å². The molecule has 1 saturated carbocycles. The van der Waals surface area contributed by atoms with Crippen LogP contribution in [0.15, 0.2) is 81.6 Å². The molecule has 1 aromatic carbocycles. The Morgan fingerprint density at radius 2 is 1.88 bits per heavy atom. The molecule has 164 valence electrons. The van der Waals surface area contributed by atoms with Gasteiger partial charge in [0.05, 0.1) is 29.5 Å². The van der Waals surface area contributed by atoms with Gasteiger partial charge < -0.3 is 4.42 Å². The minimum atomic E-state index is -0.0752. The number of para-hydroxylation sites is 1. The zero-order valence-electron chi connectivity index (χ0n) is 17.7. The number of nitrogens with zero attached hydrogens (tertiary/aromatic N) is 6. The maximum atomic E-state index is 13.3. The minimum absolute atomic E-state index is 0.0752. The number of pyridine rings is 1. The fraction of sp³-hybridized carbons (Fsp3) is 0.208. The van der Waals surface area contributed by atoms with Crippen molar-refractivity contribution in [3.8, 4) is 11.4 Å². The quantitative estimate of drug-likeness (QED) is 0.337. The molecule has 1 aliphatic carbocycles. The summed E-state index contributed by atoms with van der Waals surface area (Å²) in [5, 5.41) is 10.4. The Labute approximate surface area is 193 Å². The topological polar surface area (TPSA) is 91.6 Å². The second-order valence-corrected chi connectivity index (χ2v) is 8.89. The molecule has 33 heavy (non-hydrogen) atoms. The van der Waals surface area contributed by atoms with Gasteiger partial charge in [-0.25, -0.2) is 4.98 Å². The Morgan fingerprint density at radius 1 is 1.03 bits per heavy atom. The van der Waals surface area contributed by atoms with E-state index in [0.29, 0.717) is 40.8 Å². The molecule has 0 atom stereocenters. The first-order valence-corrected chi connectivity index (χ1v) is 11.8. The van der Waals surface area contributed by atoms with Crippen molar-refractivity contribution in [2.24, 2.45) is 0 Å². The predicted octanol–water partition coefficient (Wildman–Crippen LogP) is 4.32. The fourth-order valence-corrected chi connectivity index (χ4v) is 4.86. The van der Waals surface area contributed by atoms with E-state index in [9.17, 15) is 4.79 Å². The van der Waals surface area contributed by atoms with Crippen molar-refractivity contribution in [2.45, 2.75) is 36.3 Å². The lowest BCUT2D eigenvalue weighted by Crippen LogP contribution is -2.25. The van der Waals surface area contributed by atoms with Crippen molar-refractivity contribution in [3.05, 3.63) is 89.1 Å². The summed E-state index contributed by atoms with van der Waals surface area (Å²) in [6, 6.07) is 15.4. The van der Waals surface area contributed by atoms with Crippen LogP contribution in [0.1, 0.15) is 30.5 Å². The zero-order valence-corrected chi connectivity index (χ0v) is 18.5. The highest BCUT2D eigenvalue weighted by atomic mass is 32.2. The van der Waals surface area contributed by atoms with Crippen LogP contribution in [-0.4, -0.2) is 29.3 Å². The van der Waals surface area contributed by atoms with Crippen LogP contribution >= 0.6 is 11.8 Å². The molecule has 8 nitrogen and oxygen atoms in total. The maximum Gasteiger partial charge on any atom is 0.261 e. The molecule has 0 saturated heterocycles. The van der Waals surface area contributed by atoms with E-state index in [-0.39, 0.29) is 5.56 Å². The largest absolute Gasteiger partial charge is 0.467 e. The first-order valence-electron chi connectivity index (χ1n) is 10.8. The molecule has 4 aromatic heterocycles. The van der Waals surface area contributed by atoms with E-state index in [1.54, 1.807) is 35.0 Å². The first-order chi connectivity index (χ1) is 16.3. The third kappa shape index (κ3) is 3.84. The average Bonchev–Trinajstić information content (AvgIpc) is 3.38. The number of aromatic nitrogens is 6. The number of fused-ring (bicyclic) bond motifs is 1. The Hall–Kier alpha value is -3.72. The molecule has 6 rings (SSSR count). The summed E-state index contributed by atoms with van der Waals surface area (Å²) in [5.41, 5.74) is 1.61. The molecule has 4 heterocycles. The van der Waals surface area contributed by atoms with Gasteiger partial charge in [0.15, 0.2) is 11.0 Å². The van der Waals surface area contributed by atoms with E-state index in [0.717, 1.165) is 29.4 Å². The molecule has 0 N–H and O–H groups in total. The van der Waals surface area contributed by atoms with Gasteiger partial charge >= 0.3 is 0 Å². The normalized spacial score (nSPS) is 13.6. The lowest BCUT2D eigenvalue weighted by atomic mass is 10.2. The molecule has 0 radical (unpaired) electrons. The van der Waals surface area contributed by atoms with Crippen LogP contribution in [-0.2, 0) is 12.3 Å². The van der Waals surface area contributed by atoms with Gasteiger partial charge in [-0.1, -0.05) is 23.9 Å². The van der Waals surface area contributed by atoms with Crippen molar-refractivity contribution in [1.29, 1.82) is 0 Å². The highest BCUT2D eigenvalue weighted by Gasteiger charge is 2.30. The van der Waals surface area contributed by atoms with Gasteiger partial charge in [0.1, 0.15) is 11.6 Å². The van der Waals surface area contributed by atoms with Gasteiger partial charge in [-0.2, -0.15) is 0 Å². The summed E-state index contributed by atoms with van der Waals surface area (Å²) < 4.78 is 9.40. The Balaban J connectivity index is 1.37. The minimum Gasteiger partial charge on any atom is -0.467 e. The smallest absolute Gasteiger partial charge is 0.261 e. The lowest BCUT2D eigenvalue weighted by molar-refractivity contribution is 0.485. The molecule has 0 aliphatic heterocycles. The van der Waals surface area contributed by atoms with Gasteiger partial charge in [-0.3, -0.25) is 18.9 Å². The van der Waals surface area contributed by atoms with Crippen LogP contribution in [0.2, 0.25) is 0 Å². The summed E-state index contributed by atoms with van der Waals surface area (Å²) in [7, 11) is 0. The van der Waals surface area contributed by atoms with Crippen LogP contribution in [0.4, 0.5) is 0 Å². The Kier molecular flexibility index (Phi) is 5.03. The van der Waals surface area contributed by atoms with Crippen LogP contribution in [0.5, 0.6) is 0 Å². The molecule has 0 bridgehead atoms. The van der Waals surface area contributed by atoms with Crippen LogP contribution < -0.4 is 5.56 Å². The number of hydrogen-bond acceptors (Lipinski definition) is 7. The third-order valence-electron chi connectivity index (χ3n) is 5.68. The molecule has 0 unspecified atom stereocenters. The maximum absolute atomic E-state index is 13.3. The lowest BCUT2D eigenvalue weighted by Gasteiger charge is -2.13. The molecular formula is C24H20N6O2S. The molecular weight excluding hydrogens is 436 g/mol. The van der Waals surface area contributed by atoms with Gasteiger partial charge in [-0.15, -0.1) is 10.2 Å². The third-order valence-corrected chi connectivity index (χ3v) is 6.62. The monoisotopic (exact) mass is 456 g/mol. The van der Waals surface area contributed by atoms with E-state index >= 15 is 0 Å². The Morgan fingerprint density at radius 3 is 2.67 bits per heavy atom. The van der Waals surface area contributed by atoms with Crippen molar-refractivity contribution in [1.82, 2.24) is 29.3 Å². The van der Waals surface area contributed by atoms with Gasteiger partial charge in [0, 0.05) is 24.0 Å².